The molecule has 0 N–H and O–H groups in total. The number of methoxy groups -OCH3 is 1. The van der Waals surface area contributed by atoms with Crippen molar-refractivity contribution < 1.29 is 13.9 Å². The molecule has 1 saturated heterocycles. The fourth-order valence-electron chi connectivity index (χ4n) is 2.87. The van der Waals surface area contributed by atoms with E-state index in [0.29, 0.717) is 18.7 Å². The summed E-state index contributed by atoms with van der Waals surface area (Å²) in [6.07, 6.45) is 0. The van der Waals surface area contributed by atoms with Crippen LogP contribution in [-0.2, 0) is 6.54 Å². The zero-order chi connectivity index (χ0) is 16.9. The molecule has 3 rings (SSSR count). The molecule has 4 nitrogen and oxygen atoms in total. The van der Waals surface area contributed by atoms with Gasteiger partial charge in [-0.2, -0.15) is 0 Å². The molecule has 0 aromatic heterocycles. The van der Waals surface area contributed by atoms with Gasteiger partial charge in [0.2, 0.25) is 0 Å². The van der Waals surface area contributed by atoms with Crippen LogP contribution in [0.5, 0.6) is 5.75 Å². The third-order valence-electron chi connectivity index (χ3n) is 4.32. The van der Waals surface area contributed by atoms with Gasteiger partial charge in [0.05, 0.1) is 7.11 Å². The van der Waals surface area contributed by atoms with Crippen molar-refractivity contribution in [2.24, 2.45) is 0 Å². The zero-order valence-electron chi connectivity index (χ0n) is 13.7. The smallest absolute Gasteiger partial charge is 0.253 e. The highest BCUT2D eigenvalue weighted by molar-refractivity contribution is 5.94. The molecule has 0 bridgehead atoms. The summed E-state index contributed by atoms with van der Waals surface area (Å²) in [5, 5.41) is 0. The summed E-state index contributed by atoms with van der Waals surface area (Å²) >= 11 is 0. The highest BCUT2D eigenvalue weighted by Gasteiger charge is 2.22. The van der Waals surface area contributed by atoms with Crippen LogP contribution in [0.1, 0.15) is 15.9 Å². The van der Waals surface area contributed by atoms with Crippen LogP contribution in [0.2, 0.25) is 0 Å². The molecule has 1 fully saturated rings. The van der Waals surface area contributed by atoms with Crippen LogP contribution in [-0.4, -0.2) is 49.0 Å². The van der Waals surface area contributed by atoms with Gasteiger partial charge in [0, 0.05) is 38.3 Å². The van der Waals surface area contributed by atoms with E-state index in [2.05, 4.69) is 17.0 Å². The van der Waals surface area contributed by atoms with Gasteiger partial charge in [-0.05, 0) is 42.0 Å². The molecule has 1 heterocycles. The second-order valence-corrected chi connectivity index (χ2v) is 5.92. The second-order valence-electron chi connectivity index (χ2n) is 5.92. The summed E-state index contributed by atoms with van der Waals surface area (Å²) < 4.78 is 18.1. The maximum Gasteiger partial charge on any atom is 0.253 e. The molecule has 1 amide bonds. The van der Waals surface area contributed by atoms with E-state index in [1.54, 1.807) is 19.2 Å². The third kappa shape index (κ3) is 3.92. The van der Waals surface area contributed by atoms with Gasteiger partial charge in [0.15, 0.2) is 0 Å². The summed E-state index contributed by atoms with van der Waals surface area (Å²) in [5.41, 5.74) is 1.77. The number of carbonyl (C=O) groups is 1. The first-order valence-corrected chi connectivity index (χ1v) is 8.06. The summed E-state index contributed by atoms with van der Waals surface area (Å²) in [5.74, 6) is 0.503. The van der Waals surface area contributed by atoms with Crippen LogP contribution in [0.15, 0.2) is 48.5 Å². The first-order chi connectivity index (χ1) is 11.7. The Morgan fingerprint density at radius 3 is 2.21 bits per heavy atom. The lowest BCUT2D eigenvalue weighted by molar-refractivity contribution is 0.0628. The molecule has 0 saturated carbocycles. The van der Waals surface area contributed by atoms with Gasteiger partial charge in [-0.1, -0.05) is 12.1 Å². The Hall–Kier alpha value is -2.40. The number of piperazine rings is 1. The van der Waals surface area contributed by atoms with Crippen LogP contribution in [0, 0.1) is 5.82 Å². The third-order valence-corrected chi connectivity index (χ3v) is 4.32. The molecule has 2 aromatic rings. The number of ether oxygens (including phenoxy) is 1. The Bertz CT molecular complexity index is 678. The fraction of sp³-hybridized carbons (Fsp3) is 0.316. The minimum atomic E-state index is -0.323. The standard InChI is InChI=1S/C19H21FN2O2/c1-24-18-8-2-15(3-9-18)14-21-10-12-22(13-11-21)19(23)16-4-6-17(20)7-5-16/h2-9H,10-14H2,1H3. The maximum atomic E-state index is 13.0. The lowest BCUT2D eigenvalue weighted by atomic mass is 10.1. The topological polar surface area (TPSA) is 32.8 Å². The van der Waals surface area contributed by atoms with Gasteiger partial charge in [-0.3, -0.25) is 9.69 Å². The summed E-state index contributed by atoms with van der Waals surface area (Å²) in [6, 6.07) is 13.8. The first-order valence-electron chi connectivity index (χ1n) is 8.06. The predicted octanol–water partition coefficient (Wildman–Crippen LogP) is 2.79. The lowest BCUT2D eigenvalue weighted by Gasteiger charge is -2.34. The van der Waals surface area contributed by atoms with Crippen molar-refractivity contribution in [2.75, 3.05) is 33.3 Å². The van der Waals surface area contributed by atoms with Gasteiger partial charge in [-0.15, -0.1) is 0 Å². The van der Waals surface area contributed by atoms with Gasteiger partial charge in [0.25, 0.3) is 5.91 Å². The molecule has 0 unspecified atom stereocenters. The van der Waals surface area contributed by atoms with E-state index < -0.39 is 0 Å². The Balaban J connectivity index is 1.53. The maximum absolute atomic E-state index is 13.0. The van der Waals surface area contributed by atoms with Crippen molar-refractivity contribution in [2.45, 2.75) is 6.54 Å². The average molecular weight is 328 g/mol. The van der Waals surface area contributed by atoms with Crippen molar-refractivity contribution in [1.82, 2.24) is 9.80 Å². The monoisotopic (exact) mass is 328 g/mol. The number of rotatable bonds is 4. The van der Waals surface area contributed by atoms with Crippen LogP contribution in [0.25, 0.3) is 0 Å². The van der Waals surface area contributed by atoms with Crippen molar-refractivity contribution in [3.05, 3.63) is 65.5 Å². The van der Waals surface area contributed by atoms with Gasteiger partial charge in [-0.25, -0.2) is 4.39 Å². The Morgan fingerprint density at radius 2 is 1.62 bits per heavy atom. The number of benzene rings is 2. The average Bonchev–Trinajstić information content (AvgIpc) is 2.63. The molecule has 1 aliphatic heterocycles. The van der Waals surface area contributed by atoms with Gasteiger partial charge < -0.3 is 9.64 Å². The van der Waals surface area contributed by atoms with E-state index in [9.17, 15) is 9.18 Å². The van der Waals surface area contributed by atoms with E-state index in [1.165, 1.54) is 17.7 Å². The highest BCUT2D eigenvalue weighted by Crippen LogP contribution is 2.15. The van der Waals surface area contributed by atoms with Gasteiger partial charge in [0.1, 0.15) is 11.6 Å². The van der Waals surface area contributed by atoms with E-state index in [4.69, 9.17) is 4.74 Å². The molecule has 24 heavy (non-hydrogen) atoms. The van der Waals surface area contributed by atoms with Crippen LogP contribution < -0.4 is 4.74 Å². The van der Waals surface area contributed by atoms with Crippen molar-refractivity contribution >= 4 is 5.91 Å². The van der Waals surface area contributed by atoms with Crippen LogP contribution in [0.3, 0.4) is 0 Å². The molecule has 0 spiro atoms. The molecule has 126 valence electrons. The molecule has 0 radical (unpaired) electrons. The first kappa shape index (κ1) is 16.5. The summed E-state index contributed by atoms with van der Waals surface area (Å²) in [4.78, 5) is 16.6. The minimum Gasteiger partial charge on any atom is -0.497 e. The van der Waals surface area contributed by atoms with Crippen molar-refractivity contribution in [1.29, 1.82) is 0 Å². The molecule has 0 atom stereocenters. The van der Waals surface area contributed by atoms with E-state index >= 15 is 0 Å². The molecule has 0 aliphatic carbocycles. The summed E-state index contributed by atoms with van der Waals surface area (Å²) in [7, 11) is 1.66. The quantitative estimate of drug-likeness (QED) is 0.865. The number of hydrogen-bond donors (Lipinski definition) is 0. The normalized spacial score (nSPS) is 15.3. The molecular weight excluding hydrogens is 307 g/mol. The number of halogens is 1. The summed E-state index contributed by atoms with van der Waals surface area (Å²) in [6.45, 7) is 3.90. The largest absolute Gasteiger partial charge is 0.497 e. The predicted molar refractivity (Wildman–Crippen MR) is 90.6 cm³/mol. The Labute approximate surface area is 141 Å². The van der Waals surface area contributed by atoms with E-state index in [0.717, 1.165) is 25.4 Å². The van der Waals surface area contributed by atoms with E-state index in [1.807, 2.05) is 17.0 Å². The fourth-order valence-corrected chi connectivity index (χ4v) is 2.87. The molecule has 5 heteroatoms. The highest BCUT2D eigenvalue weighted by atomic mass is 19.1. The molecule has 1 aliphatic rings. The molecule has 2 aromatic carbocycles. The minimum absolute atomic E-state index is 0.0286. The number of nitrogens with zero attached hydrogens (tertiary/aromatic N) is 2. The second kappa shape index (κ2) is 7.45. The lowest BCUT2D eigenvalue weighted by Crippen LogP contribution is -2.48. The Kier molecular flexibility index (Phi) is 5.11. The van der Waals surface area contributed by atoms with Crippen LogP contribution >= 0.6 is 0 Å². The van der Waals surface area contributed by atoms with Gasteiger partial charge >= 0.3 is 0 Å². The number of carbonyl (C=O) groups excluding carboxylic acids is 1. The SMILES string of the molecule is COc1ccc(CN2CCN(C(=O)c3ccc(F)cc3)CC2)cc1. The zero-order valence-corrected chi connectivity index (χ0v) is 13.7. The number of hydrogen-bond acceptors (Lipinski definition) is 3. The number of amides is 1. The van der Waals surface area contributed by atoms with Crippen molar-refractivity contribution in [3.63, 3.8) is 0 Å². The van der Waals surface area contributed by atoms with E-state index in [-0.39, 0.29) is 11.7 Å². The van der Waals surface area contributed by atoms with Crippen LogP contribution in [0.4, 0.5) is 4.39 Å². The molecular formula is C19H21FN2O2. The Morgan fingerprint density at radius 1 is 1.00 bits per heavy atom. The van der Waals surface area contributed by atoms with Crippen molar-refractivity contribution in [3.8, 4) is 5.75 Å².